The molecule has 2 heterocycles. The van der Waals surface area contributed by atoms with E-state index in [4.69, 9.17) is 0 Å². The van der Waals surface area contributed by atoms with Crippen LogP contribution in [-0.4, -0.2) is 4.98 Å². The zero-order valence-electron chi connectivity index (χ0n) is 12.1. The quantitative estimate of drug-likeness (QED) is 0.598. The highest BCUT2D eigenvalue weighted by Gasteiger charge is 2.13. The van der Waals surface area contributed by atoms with Crippen molar-refractivity contribution >= 4 is 22.2 Å². The molecule has 0 aliphatic rings. The zero-order chi connectivity index (χ0) is 13.9. The van der Waals surface area contributed by atoms with Gasteiger partial charge in [-0.15, -0.1) is 0 Å². The Bertz CT molecular complexity index is 666. The molecule has 2 atom stereocenters. The summed E-state index contributed by atoms with van der Waals surface area (Å²) in [6, 6.07) is 11.0. The van der Waals surface area contributed by atoms with E-state index in [0.29, 0.717) is 11.8 Å². The van der Waals surface area contributed by atoms with E-state index >= 15 is 0 Å². The van der Waals surface area contributed by atoms with Crippen molar-refractivity contribution in [2.45, 2.75) is 38.5 Å². The molecular formula is C18H21NS. The fraction of sp³-hybridized carbons (Fsp3) is 0.333. The number of hydrogen-bond acceptors (Lipinski definition) is 1. The molecule has 1 aromatic carbocycles. The van der Waals surface area contributed by atoms with Crippen LogP contribution in [0.25, 0.3) is 10.9 Å². The minimum absolute atomic E-state index is 0.607. The minimum atomic E-state index is 0.607. The number of rotatable bonds is 5. The summed E-state index contributed by atoms with van der Waals surface area (Å²) in [5.74, 6) is 1.27. The topological polar surface area (TPSA) is 15.8 Å². The first kappa shape index (κ1) is 13.4. The van der Waals surface area contributed by atoms with E-state index in [9.17, 15) is 0 Å². The normalized spacial score (nSPS) is 14.5. The number of aromatic nitrogens is 1. The summed E-state index contributed by atoms with van der Waals surface area (Å²) in [5.41, 5.74) is 4.21. The average Bonchev–Trinajstić information content (AvgIpc) is 3.13. The largest absolute Gasteiger partial charge is 0.361 e. The molecule has 104 valence electrons. The van der Waals surface area contributed by atoms with Crippen molar-refractivity contribution in [3.63, 3.8) is 0 Å². The van der Waals surface area contributed by atoms with E-state index in [1.54, 1.807) is 11.3 Å². The van der Waals surface area contributed by atoms with Crippen LogP contribution < -0.4 is 0 Å². The first-order valence-corrected chi connectivity index (χ1v) is 8.28. The number of H-pyrrole nitrogens is 1. The Hall–Kier alpha value is -1.54. The van der Waals surface area contributed by atoms with Gasteiger partial charge in [0.25, 0.3) is 0 Å². The lowest BCUT2D eigenvalue weighted by Gasteiger charge is -2.16. The van der Waals surface area contributed by atoms with Crippen molar-refractivity contribution in [1.29, 1.82) is 0 Å². The molecule has 0 radical (unpaired) electrons. The van der Waals surface area contributed by atoms with Crippen LogP contribution in [0.5, 0.6) is 0 Å². The molecule has 2 heteroatoms. The second kappa shape index (κ2) is 5.84. The van der Waals surface area contributed by atoms with Crippen LogP contribution in [0.3, 0.4) is 0 Å². The number of aromatic amines is 1. The minimum Gasteiger partial charge on any atom is -0.361 e. The summed E-state index contributed by atoms with van der Waals surface area (Å²) in [6.07, 6.45) is 4.52. The predicted molar refractivity (Wildman–Crippen MR) is 88.7 cm³/mol. The lowest BCUT2D eigenvalue weighted by molar-refractivity contribution is 0.577. The summed E-state index contributed by atoms with van der Waals surface area (Å²) in [7, 11) is 0. The number of nitrogens with one attached hydrogen (secondary N) is 1. The number of hydrogen-bond donors (Lipinski definition) is 1. The standard InChI is InChI=1S/C18H21NS/c1-13(15-9-11-20-12-15)6-7-14(2)16-4-3-5-18-17(16)8-10-19-18/h3-5,8-14,19H,6-7H2,1-2H3. The molecule has 1 nitrogen and oxygen atoms in total. The van der Waals surface area contributed by atoms with Gasteiger partial charge in [0.05, 0.1) is 0 Å². The first-order chi connectivity index (χ1) is 9.75. The Labute approximate surface area is 124 Å². The van der Waals surface area contributed by atoms with Gasteiger partial charge in [-0.05, 0) is 64.8 Å². The molecule has 1 N–H and O–H groups in total. The van der Waals surface area contributed by atoms with Crippen molar-refractivity contribution in [1.82, 2.24) is 4.98 Å². The third-order valence-corrected chi connectivity index (χ3v) is 5.01. The summed E-state index contributed by atoms with van der Waals surface area (Å²) in [5, 5.41) is 5.83. The van der Waals surface area contributed by atoms with Gasteiger partial charge in [-0.2, -0.15) is 11.3 Å². The van der Waals surface area contributed by atoms with Gasteiger partial charge >= 0.3 is 0 Å². The Morgan fingerprint density at radius 3 is 2.70 bits per heavy atom. The van der Waals surface area contributed by atoms with Crippen molar-refractivity contribution in [2.24, 2.45) is 0 Å². The second-order valence-electron chi connectivity index (χ2n) is 5.72. The van der Waals surface area contributed by atoms with Crippen LogP contribution in [0.2, 0.25) is 0 Å². The molecule has 3 aromatic rings. The number of fused-ring (bicyclic) bond motifs is 1. The molecule has 0 fully saturated rings. The molecule has 0 aliphatic carbocycles. The molecule has 0 aliphatic heterocycles. The molecule has 0 bridgehead atoms. The highest BCUT2D eigenvalue weighted by Crippen LogP contribution is 2.31. The van der Waals surface area contributed by atoms with Crippen molar-refractivity contribution in [2.75, 3.05) is 0 Å². The fourth-order valence-corrected chi connectivity index (χ4v) is 3.70. The molecule has 0 saturated heterocycles. The Kier molecular flexibility index (Phi) is 3.93. The van der Waals surface area contributed by atoms with Crippen molar-refractivity contribution in [3.8, 4) is 0 Å². The van der Waals surface area contributed by atoms with Crippen LogP contribution in [0.4, 0.5) is 0 Å². The third kappa shape index (κ3) is 2.66. The van der Waals surface area contributed by atoms with Crippen LogP contribution in [0, 0.1) is 0 Å². The maximum Gasteiger partial charge on any atom is 0.0456 e. The molecule has 0 saturated carbocycles. The molecule has 0 amide bonds. The molecule has 0 spiro atoms. The summed E-state index contributed by atoms with van der Waals surface area (Å²) in [4.78, 5) is 3.30. The van der Waals surface area contributed by atoms with Gasteiger partial charge in [-0.1, -0.05) is 26.0 Å². The van der Waals surface area contributed by atoms with Crippen molar-refractivity contribution in [3.05, 3.63) is 58.4 Å². The van der Waals surface area contributed by atoms with E-state index < -0.39 is 0 Å². The van der Waals surface area contributed by atoms with Crippen LogP contribution >= 0.6 is 11.3 Å². The zero-order valence-corrected chi connectivity index (χ0v) is 12.9. The Balaban J connectivity index is 1.70. The first-order valence-electron chi connectivity index (χ1n) is 7.34. The Morgan fingerprint density at radius 1 is 1.05 bits per heavy atom. The highest BCUT2D eigenvalue weighted by molar-refractivity contribution is 7.07. The van der Waals surface area contributed by atoms with E-state index in [1.165, 1.54) is 34.9 Å². The summed E-state index contributed by atoms with van der Waals surface area (Å²) < 4.78 is 0. The van der Waals surface area contributed by atoms with Gasteiger partial charge in [0.2, 0.25) is 0 Å². The number of thiophene rings is 1. The maximum atomic E-state index is 3.30. The van der Waals surface area contributed by atoms with Gasteiger partial charge in [0.1, 0.15) is 0 Å². The van der Waals surface area contributed by atoms with Gasteiger partial charge in [-0.3, -0.25) is 0 Å². The van der Waals surface area contributed by atoms with E-state index in [1.807, 2.05) is 6.20 Å². The van der Waals surface area contributed by atoms with Crippen LogP contribution in [0.1, 0.15) is 49.7 Å². The van der Waals surface area contributed by atoms with Gasteiger partial charge in [-0.25, -0.2) is 0 Å². The van der Waals surface area contributed by atoms with Crippen molar-refractivity contribution < 1.29 is 0 Å². The number of benzene rings is 1. The average molecular weight is 283 g/mol. The highest BCUT2D eigenvalue weighted by atomic mass is 32.1. The van der Waals surface area contributed by atoms with Crippen LogP contribution in [-0.2, 0) is 0 Å². The van der Waals surface area contributed by atoms with E-state index in [2.05, 4.69) is 59.9 Å². The predicted octanol–water partition coefficient (Wildman–Crippen LogP) is 5.92. The summed E-state index contributed by atoms with van der Waals surface area (Å²) in [6.45, 7) is 4.69. The molecule has 20 heavy (non-hydrogen) atoms. The van der Waals surface area contributed by atoms with Gasteiger partial charge in [0, 0.05) is 17.1 Å². The smallest absolute Gasteiger partial charge is 0.0456 e. The van der Waals surface area contributed by atoms with Gasteiger partial charge < -0.3 is 4.98 Å². The lowest BCUT2D eigenvalue weighted by atomic mass is 9.89. The lowest BCUT2D eigenvalue weighted by Crippen LogP contribution is -1.98. The Morgan fingerprint density at radius 2 is 1.90 bits per heavy atom. The van der Waals surface area contributed by atoms with Crippen LogP contribution in [0.15, 0.2) is 47.3 Å². The molecule has 2 aromatic heterocycles. The van der Waals surface area contributed by atoms with E-state index in [0.717, 1.165) is 0 Å². The fourth-order valence-electron chi connectivity index (χ4n) is 2.92. The molecule has 2 unspecified atom stereocenters. The third-order valence-electron chi connectivity index (χ3n) is 4.30. The summed E-state index contributed by atoms with van der Waals surface area (Å²) >= 11 is 1.80. The SMILES string of the molecule is CC(CCC(C)c1cccc2[nH]ccc12)c1ccsc1. The van der Waals surface area contributed by atoms with E-state index in [-0.39, 0.29) is 0 Å². The second-order valence-corrected chi connectivity index (χ2v) is 6.50. The molecule has 3 rings (SSSR count). The monoisotopic (exact) mass is 283 g/mol. The maximum absolute atomic E-state index is 3.30. The van der Waals surface area contributed by atoms with Gasteiger partial charge in [0.15, 0.2) is 0 Å². The molecular weight excluding hydrogens is 262 g/mol.